The van der Waals surface area contributed by atoms with Crippen LogP contribution in [0.5, 0.6) is 0 Å². The molecule has 1 fully saturated rings. The van der Waals surface area contributed by atoms with Crippen molar-refractivity contribution in [3.05, 3.63) is 35.9 Å². The number of benzene rings is 1. The highest BCUT2D eigenvalue weighted by Gasteiger charge is 2.45. The van der Waals surface area contributed by atoms with Gasteiger partial charge in [-0.05, 0) is 42.5 Å². The summed E-state index contributed by atoms with van der Waals surface area (Å²) in [5.41, 5.74) is 1.13. The second-order valence-corrected chi connectivity index (χ2v) is 17.2. The molecule has 0 spiro atoms. The van der Waals surface area contributed by atoms with Crippen molar-refractivity contribution in [2.75, 3.05) is 27.9 Å². The first-order chi connectivity index (χ1) is 17.8. The summed E-state index contributed by atoms with van der Waals surface area (Å²) in [5.74, 6) is -1.00. The summed E-state index contributed by atoms with van der Waals surface area (Å²) in [5, 5.41) is 0.0585. The van der Waals surface area contributed by atoms with E-state index in [9.17, 15) is 4.79 Å². The highest BCUT2D eigenvalue weighted by atomic mass is 28.4. The third kappa shape index (κ3) is 9.42. The van der Waals surface area contributed by atoms with Gasteiger partial charge in [0.25, 0.3) is 0 Å². The Labute approximate surface area is 232 Å². The topological polar surface area (TPSA) is 72.5 Å². The maximum absolute atomic E-state index is 12.2. The Morgan fingerprint density at radius 1 is 1.05 bits per heavy atom. The molecule has 38 heavy (non-hydrogen) atoms. The monoisotopic (exact) mass is 552 g/mol. The van der Waals surface area contributed by atoms with Gasteiger partial charge in [0.05, 0.1) is 44.6 Å². The summed E-state index contributed by atoms with van der Waals surface area (Å²) < 4.78 is 36.4. The predicted molar refractivity (Wildman–Crippen MR) is 152 cm³/mol. The quantitative estimate of drug-likeness (QED) is 0.151. The Morgan fingerprint density at radius 2 is 1.66 bits per heavy atom. The van der Waals surface area contributed by atoms with Crippen LogP contribution in [0.4, 0.5) is 0 Å². The Hall–Kier alpha value is -1.29. The van der Waals surface area contributed by atoms with Crippen LogP contribution in [-0.4, -0.2) is 66.3 Å². The maximum atomic E-state index is 12.2. The second kappa shape index (κ2) is 14.4. The van der Waals surface area contributed by atoms with Crippen molar-refractivity contribution in [3.63, 3.8) is 0 Å². The molecule has 0 bridgehead atoms. The third-order valence-corrected chi connectivity index (χ3v) is 12.8. The van der Waals surface area contributed by atoms with Crippen LogP contribution in [0.2, 0.25) is 18.1 Å². The van der Waals surface area contributed by atoms with Crippen LogP contribution in [0.1, 0.15) is 65.9 Å². The summed E-state index contributed by atoms with van der Waals surface area (Å²) in [6, 6.07) is 10.1. The Balaban J connectivity index is 2.20. The van der Waals surface area contributed by atoms with Gasteiger partial charge in [-0.15, -0.1) is 0 Å². The van der Waals surface area contributed by atoms with E-state index in [4.69, 9.17) is 28.1 Å². The van der Waals surface area contributed by atoms with E-state index in [1.807, 2.05) is 25.1 Å². The molecule has 1 saturated heterocycles. The van der Waals surface area contributed by atoms with Gasteiger partial charge in [0.15, 0.2) is 14.1 Å². The summed E-state index contributed by atoms with van der Waals surface area (Å²) in [6.07, 6.45) is 2.17. The molecule has 1 heterocycles. The number of carbonyl (C=O) groups is 1. The molecule has 0 aromatic heterocycles. The number of rotatable bonds is 14. The molecule has 0 radical (unpaired) electrons. The van der Waals surface area contributed by atoms with Gasteiger partial charge in [0.2, 0.25) is 0 Å². The Kier molecular flexibility index (Phi) is 12.4. The van der Waals surface area contributed by atoms with E-state index in [2.05, 4.69) is 52.9 Å². The normalized spacial score (nSPS) is 22.5. The second-order valence-electron chi connectivity index (χ2n) is 12.4. The summed E-state index contributed by atoms with van der Waals surface area (Å²) >= 11 is 0. The molecule has 0 unspecified atom stereocenters. The maximum Gasteiger partial charge on any atom is 0.308 e. The van der Waals surface area contributed by atoms with Crippen molar-refractivity contribution < 1.29 is 32.9 Å². The highest BCUT2D eigenvalue weighted by Crippen LogP contribution is 2.41. The average Bonchev–Trinajstić information content (AvgIpc) is 2.87. The first-order valence-corrected chi connectivity index (χ1v) is 16.8. The van der Waals surface area contributed by atoms with Crippen LogP contribution in [-0.2, 0) is 39.5 Å². The number of hydrogen-bond acceptors (Lipinski definition) is 7. The van der Waals surface area contributed by atoms with Gasteiger partial charge in [-0.3, -0.25) is 4.79 Å². The third-order valence-electron chi connectivity index (χ3n) is 8.33. The van der Waals surface area contributed by atoms with E-state index in [0.717, 1.165) is 5.56 Å². The van der Waals surface area contributed by atoms with Crippen molar-refractivity contribution >= 4 is 14.3 Å². The fourth-order valence-electron chi connectivity index (χ4n) is 4.90. The van der Waals surface area contributed by atoms with E-state index in [0.29, 0.717) is 38.9 Å². The zero-order chi connectivity index (χ0) is 28.6. The van der Waals surface area contributed by atoms with E-state index in [1.165, 1.54) is 7.11 Å². The number of ether oxygens (including phenoxy) is 5. The summed E-state index contributed by atoms with van der Waals surface area (Å²) in [6.45, 7) is 16.3. The molecule has 0 aliphatic carbocycles. The average molecular weight is 553 g/mol. The minimum Gasteiger partial charge on any atom is -0.469 e. The first kappa shape index (κ1) is 32.9. The van der Waals surface area contributed by atoms with Crippen molar-refractivity contribution in [2.45, 2.75) is 109 Å². The van der Waals surface area contributed by atoms with Crippen LogP contribution >= 0.6 is 0 Å². The number of carbonyl (C=O) groups excluding carboxylic acids is 1. The van der Waals surface area contributed by atoms with E-state index >= 15 is 0 Å². The number of hydrogen-bond donors (Lipinski definition) is 0. The smallest absolute Gasteiger partial charge is 0.308 e. The standard InChI is InChI=1S/C30H52O7Si/c1-22(16-23(2)28(31)32-6)27(37-38(9,10)29(3,4)5)17-25-18-30(33-7,34-8)19-26(36-25)21-35-20-24-14-12-11-13-15-24/h11-15,22-23,25-27H,16-21H2,1-10H3/t22-,23-,25+,26-,27-/m0/s1. The predicted octanol–water partition coefficient (Wildman–Crippen LogP) is 6.36. The lowest BCUT2D eigenvalue weighted by molar-refractivity contribution is -0.280. The van der Waals surface area contributed by atoms with E-state index < -0.39 is 14.1 Å². The fraction of sp³-hybridized carbons (Fsp3) is 0.767. The lowest BCUT2D eigenvalue weighted by Crippen LogP contribution is -2.51. The molecule has 0 N–H and O–H groups in total. The largest absolute Gasteiger partial charge is 0.469 e. The molecule has 5 atom stereocenters. The first-order valence-electron chi connectivity index (χ1n) is 13.9. The number of methoxy groups -OCH3 is 3. The van der Waals surface area contributed by atoms with Crippen molar-refractivity contribution in [3.8, 4) is 0 Å². The van der Waals surface area contributed by atoms with Gasteiger partial charge in [-0.1, -0.05) is 65.0 Å². The molecular weight excluding hydrogens is 500 g/mol. The molecule has 1 aromatic rings. The molecule has 7 nitrogen and oxygen atoms in total. The van der Waals surface area contributed by atoms with E-state index in [1.54, 1.807) is 14.2 Å². The summed E-state index contributed by atoms with van der Waals surface area (Å²) in [7, 11) is 2.74. The zero-order valence-electron chi connectivity index (χ0n) is 25.4. The SMILES string of the molecule is COC(=O)[C@@H](C)C[C@H](C)[C@H](C[C@@H]1CC(OC)(OC)C[C@@H](COCc2ccccc2)O1)O[Si](C)(C)C(C)(C)C. The molecular formula is C30H52O7Si. The van der Waals surface area contributed by atoms with Gasteiger partial charge < -0.3 is 28.1 Å². The van der Waals surface area contributed by atoms with Gasteiger partial charge in [-0.2, -0.15) is 0 Å². The van der Waals surface area contributed by atoms with Crippen LogP contribution in [0.25, 0.3) is 0 Å². The lowest BCUT2D eigenvalue weighted by Gasteiger charge is -2.46. The molecule has 2 rings (SSSR count). The van der Waals surface area contributed by atoms with E-state index in [-0.39, 0.29) is 41.2 Å². The molecule has 218 valence electrons. The minimum absolute atomic E-state index is 0.0585. The minimum atomic E-state index is -2.09. The molecule has 1 aromatic carbocycles. The van der Waals surface area contributed by atoms with Crippen molar-refractivity contribution in [1.29, 1.82) is 0 Å². The van der Waals surface area contributed by atoms with Crippen LogP contribution in [0, 0.1) is 11.8 Å². The van der Waals surface area contributed by atoms with Gasteiger partial charge in [0.1, 0.15) is 0 Å². The van der Waals surface area contributed by atoms with Gasteiger partial charge in [-0.25, -0.2) is 0 Å². The van der Waals surface area contributed by atoms with Crippen LogP contribution in [0.15, 0.2) is 30.3 Å². The molecule has 1 aliphatic heterocycles. The Morgan fingerprint density at radius 3 is 2.21 bits per heavy atom. The Bertz CT molecular complexity index is 835. The summed E-state index contributed by atoms with van der Waals surface area (Å²) in [4.78, 5) is 12.2. The molecule has 0 saturated carbocycles. The fourth-order valence-corrected chi connectivity index (χ4v) is 6.34. The van der Waals surface area contributed by atoms with Crippen LogP contribution < -0.4 is 0 Å². The molecule has 1 aliphatic rings. The number of esters is 1. The highest BCUT2D eigenvalue weighted by molar-refractivity contribution is 6.74. The lowest BCUT2D eigenvalue weighted by atomic mass is 9.87. The van der Waals surface area contributed by atoms with Gasteiger partial charge >= 0.3 is 5.97 Å². The van der Waals surface area contributed by atoms with Gasteiger partial charge in [0, 0.05) is 27.1 Å². The zero-order valence-corrected chi connectivity index (χ0v) is 26.4. The van der Waals surface area contributed by atoms with Crippen LogP contribution in [0.3, 0.4) is 0 Å². The van der Waals surface area contributed by atoms with Crippen molar-refractivity contribution in [1.82, 2.24) is 0 Å². The molecule has 0 amide bonds. The molecule has 8 heteroatoms. The van der Waals surface area contributed by atoms with Crippen molar-refractivity contribution in [2.24, 2.45) is 11.8 Å².